The molecule has 5 rings (SSSR count). The number of methoxy groups -OCH3 is 1. The maximum absolute atomic E-state index is 13.6. The molecule has 0 bridgehead atoms. The molecular formula is C24H30N4O5. The second-order valence-electron chi connectivity index (χ2n) is 9.50. The van der Waals surface area contributed by atoms with Crippen molar-refractivity contribution in [2.24, 2.45) is 5.92 Å². The highest BCUT2D eigenvalue weighted by atomic mass is 16.5. The molecule has 0 aromatic heterocycles. The predicted octanol–water partition coefficient (Wildman–Crippen LogP) is 0.223. The number of hydrogen-bond acceptors (Lipinski definition) is 5. The molecule has 2 N–H and O–H groups in total. The van der Waals surface area contributed by atoms with Crippen LogP contribution in [0.15, 0.2) is 24.3 Å². The molecule has 1 aliphatic carbocycles. The number of para-hydroxylation sites is 1. The van der Waals surface area contributed by atoms with E-state index in [1.54, 1.807) is 23.0 Å². The zero-order valence-electron chi connectivity index (χ0n) is 18.8. The number of ether oxygens (including phenoxy) is 1. The van der Waals surface area contributed by atoms with E-state index in [4.69, 9.17) is 4.74 Å². The van der Waals surface area contributed by atoms with Gasteiger partial charge in [0.25, 0.3) is 0 Å². The average Bonchev–Trinajstić information content (AvgIpc) is 3.34. The van der Waals surface area contributed by atoms with Gasteiger partial charge in [0.05, 0.1) is 19.6 Å². The SMILES string of the molecule is COc1ccccc1CC(=O)N1CC[C@H]2NC(=O)[C@H]3C[C@H](NC(=O)C4CCC4)CN3C(=O)[C@H]21. The van der Waals surface area contributed by atoms with Crippen LogP contribution >= 0.6 is 0 Å². The van der Waals surface area contributed by atoms with Crippen LogP contribution in [-0.4, -0.2) is 77.8 Å². The number of likely N-dealkylation sites (tertiary alicyclic amines) is 1. The van der Waals surface area contributed by atoms with Crippen molar-refractivity contribution in [2.75, 3.05) is 20.2 Å². The topological polar surface area (TPSA) is 108 Å². The van der Waals surface area contributed by atoms with Crippen LogP contribution in [0.1, 0.15) is 37.7 Å². The lowest BCUT2D eigenvalue weighted by atomic mass is 9.84. The minimum Gasteiger partial charge on any atom is -0.496 e. The van der Waals surface area contributed by atoms with Gasteiger partial charge < -0.3 is 25.2 Å². The molecule has 9 heteroatoms. The standard InChI is InChI=1S/C24H30N4O5/c1-33-19-8-3-2-5-15(19)11-20(29)27-10-9-17-21(27)24(32)28-13-16(12-18(28)23(31)26-17)25-22(30)14-6-4-7-14/h2-3,5,8,14,16-18,21H,4,6-7,9-13H2,1H3,(H,25,30)(H,26,31)/t16-,17+,18+,21-/m0/s1. The van der Waals surface area contributed by atoms with E-state index in [0.29, 0.717) is 31.7 Å². The van der Waals surface area contributed by atoms with Crippen LogP contribution in [-0.2, 0) is 25.6 Å². The Hall–Kier alpha value is -3.10. The van der Waals surface area contributed by atoms with Crippen LogP contribution in [0.4, 0.5) is 0 Å². The van der Waals surface area contributed by atoms with Gasteiger partial charge in [-0.25, -0.2) is 0 Å². The summed E-state index contributed by atoms with van der Waals surface area (Å²) in [6.45, 7) is 0.711. The maximum Gasteiger partial charge on any atom is 0.248 e. The number of fused-ring (bicyclic) bond motifs is 2. The third kappa shape index (κ3) is 3.94. The normalized spacial score (nSPS) is 29.0. The molecule has 176 valence electrons. The first-order valence-corrected chi connectivity index (χ1v) is 11.8. The molecule has 4 aliphatic rings. The van der Waals surface area contributed by atoms with E-state index in [1.807, 2.05) is 18.2 Å². The van der Waals surface area contributed by atoms with Gasteiger partial charge in [0.1, 0.15) is 17.8 Å². The van der Waals surface area contributed by atoms with Crippen LogP contribution in [0.2, 0.25) is 0 Å². The first-order chi connectivity index (χ1) is 16.0. The third-order valence-corrected chi connectivity index (χ3v) is 7.54. The van der Waals surface area contributed by atoms with E-state index in [0.717, 1.165) is 24.8 Å². The Morgan fingerprint density at radius 1 is 1.18 bits per heavy atom. The first kappa shape index (κ1) is 21.7. The lowest BCUT2D eigenvalue weighted by molar-refractivity contribution is -0.144. The number of carbonyl (C=O) groups is 4. The van der Waals surface area contributed by atoms with Crippen molar-refractivity contribution in [2.45, 2.75) is 62.7 Å². The molecular weight excluding hydrogens is 424 g/mol. The summed E-state index contributed by atoms with van der Waals surface area (Å²) in [7, 11) is 1.56. The van der Waals surface area contributed by atoms with Crippen LogP contribution in [0.25, 0.3) is 0 Å². The molecule has 0 unspecified atom stereocenters. The molecule has 0 radical (unpaired) electrons. The van der Waals surface area contributed by atoms with Gasteiger partial charge in [0, 0.05) is 30.6 Å². The fourth-order valence-corrected chi connectivity index (χ4v) is 5.51. The molecule has 3 heterocycles. The number of benzene rings is 1. The number of carbonyl (C=O) groups excluding carboxylic acids is 4. The predicted molar refractivity (Wildman–Crippen MR) is 118 cm³/mol. The number of rotatable bonds is 5. The Morgan fingerprint density at radius 3 is 2.70 bits per heavy atom. The van der Waals surface area contributed by atoms with Crippen molar-refractivity contribution in [3.63, 3.8) is 0 Å². The van der Waals surface area contributed by atoms with Crippen molar-refractivity contribution in [1.29, 1.82) is 0 Å². The van der Waals surface area contributed by atoms with Crippen molar-refractivity contribution < 1.29 is 23.9 Å². The Bertz CT molecular complexity index is 977. The van der Waals surface area contributed by atoms with Gasteiger partial charge in [-0.2, -0.15) is 0 Å². The summed E-state index contributed by atoms with van der Waals surface area (Å²) in [4.78, 5) is 55.3. The van der Waals surface area contributed by atoms with E-state index in [9.17, 15) is 19.2 Å². The summed E-state index contributed by atoms with van der Waals surface area (Å²) >= 11 is 0. The Balaban J connectivity index is 1.31. The monoisotopic (exact) mass is 454 g/mol. The van der Waals surface area contributed by atoms with E-state index >= 15 is 0 Å². The first-order valence-electron chi connectivity index (χ1n) is 11.8. The lowest BCUT2D eigenvalue weighted by Crippen LogP contribution is -2.53. The Labute approximate surface area is 192 Å². The third-order valence-electron chi connectivity index (χ3n) is 7.54. The van der Waals surface area contributed by atoms with E-state index in [-0.39, 0.29) is 48.1 Å². The molecule has 1 aromatic carbocycles. The second-order valence-corrected chi connectivity index (χ2v) is 9.50. The van der Waals surface area contributed by atoms with Gasteiger partial charge in [-0.05, 0) is 31.7 Å². The van der Waals surface area contributed by atoms with Gasteiger partial charge in [0.2, 0.25) is 23.6 Å². The smallest absolute Gasteiger partial charge is 0.248 e. The molecule has 3 saturated heterocycles. The number of nitrogens with zero attached hydrogens (tertiary/aromatic N) is 2. The molecule has 4 amide bonds. The van der Waals surface area contributed by atoms with Gasteiger partial charge in [-0.1, -0.05) is 24.6 Å². The second kappa shape index (κ2) is 8.68. The summed E-state index contributed by atoms with van der Waals surface area (Å²) in [6, 6.07) is 5.38. The fraction of sp³-hybridized carbons (Fsp3) is 0.583. The van der Waals surface area contributed by atoms with E-state index < -0.39 is 12.1 Å². The number of hydrogen-bond donors (Lipinski definition) is 2. The minimum absolute atomic E-state index is 0.0177. The summed E-state index contributed by atoms with van der Waals surface area (Å²) in [6.07, 6.45) is 3.95. The Kier molecular flexibility index (Phi) is 5.72. The fourth-order valence-electron chi connectivity index (χ4n) is 5.51. The zero-order valence-corrected chi connectivity index (χ0v) is 18.8. The highest BCUT2D eigenvalue weighted by molar-refractivity contribution is 5.97. The summed E-state index contributed by atoms with van der Waals surface area (Å²) in [5.74, 6) is 0.125. The number of nitrogens with one attached hydrogen (secondary N) is 2. The van der Waals surface area contributed by atoms with Crippen LogP contribution in [0.5, 0.6) is 5.75 Å². The van der Waals surface area contributed by atoms with Crippen molar-refractivity contribution >= 4 is 23.6 Å². The van der Waals surface area contributed by atoms with Crippen LogP contribution in [0, 0.1) is 5.92 Å². The molecule has 3 aliphatic heterocycles. The van der Waals surface area contributed by atoms with Crippen LogP contribution < -0.4 is 15.4 Å². The highest BCUT2D eigenvalue weighted by Gasteiger charge is 2.52. The van der Waals surface area contributed by atoms with E-state index in [1.165, 1.54) is 0 Å². The summed E-state index contributed by atoms with van der Waals surface area (Å²) in [5.41, 5.74) is 0.761. The maximum atomic E-state index is 13.6. The molecule has 33 heavy (non-hydrogen) atoms. The van der Waals surface area contributed by atoms with Gasteiger partial charge in [0.15, 0.2) is 0 Å². The summed E-state index contributed by atoms with van der Waals surface area (Å²) < 4.78 is 5.36. The largest absolute Gasteiger partial charge is 0.496 e. The van der Waals surface area contributed by atoms with Crippen molar-refractivity contribution in [3.05, 3.63) is 29.8 Å². The quantitative estimate of drug-likeness (QED) is 0.662. The zero-order chi connectivity index (χ0) is 23.1. The minimum atomic E-state index is -0.720. The molecule has 0 spiro atoms. The number of amides is 4. The van der Waals surface area contributed by atoms with E-state index in [2.05, 4.69) is 10.6 Å². The average molecular weight is 455 g/mol. The van der Waals surface area contributed by atoms with Crippen LogP contribution in [0.3, 0.4) is 0 Å². The Morgan fingerprint density at radius 2 is 1.97 bits per heavy atom. The van der Waals surface area contributed by atoms with Crippen molar-refractivity contribution in [3.8, 4) is 5.75 Å². The van der Waals surface area contributed by atoms with Crippen molar-refractivity contribution in [1.82, 2.24) is 20.4 Å². The van der Waals surface area contributed by atoms with Gasteiger partial charge in [-0.3, -0.25) is 19.2 Å². The summed E-state index contributed by atoms with van der Waals surface area (Å²) in [5, 5.41) is 6.03. The molecule has 1 saturated carbocycles. The molecule has 4 fully saturated rings. The lowest BCUT2D eigenvalue weighted by Gasteiger charge is -2.30. The van der Waals surface area contributed by atoms with Gasteiger partial charge in [-0.15, -0.1) is 0 Å². The molecule has 1 aromatic rings. The van der Waals surface area contributed by atoms with Gasteiger partial charge >= 0.3 is 0 Å². The highest BCUT2D eigenvalue weighted by Crippen LogP contribution is 2.31. The molecule has 9 nitrogen and oxygen atoms in total. The molecule has 4 atom stereocenters.